The Morgan fingerprint density at radius 1 is 1.19 bits per heavy atom. The number of aromatic nitrogens is 1. The molecule has 1 aliphatic rings. The second-order valence-electron chi connectivity index (χ2n) is 6.41. The molecular weight excluding hydrogens is 376 g/mol. The Hall–Kier alpha value is -1.91. The summed E-state index contributed by atoms with van der Waals surface area (Å²) in [7, 11) is 0. The van der Waals surface area contributed by atoms with Gasteiger partial charge in [0.1, 0.15) is 5.69 Å². The van der Waals surface area contributed by atoms with Gasteiger partial charge in [-0.15, -0.1) is 0 Å². The third kappa shape index (κ3) is 4.33. The van der Waals surface area contributed by atoms with Gasteiger partial charge < -0.3 is 15.7 Å². The van der Waals surface area contributed by atoms with E-state index in [1.54, 1.807) is 0 Å². The van der Waals surface area contributed by atoms with E-state index in [1.807, 2.05) is 0 Å². The van der Waals surface area contributed by atoms with Crippen molar-refractivity contribution >= 4 is 10.9 Å². The molecule has 2 heterocycles. The molecule has 3 rings (SSSR count). The first-order valence-corrected chi connectivity index (χ1v) is 8.27. The van der Waals surface area contributed by atoms with E-state index in [0.29, 0.717) is 18.7 Å². The molecule has 10 heteroatoms. The van der Waals surface area contributed by atoms with E-state index < -0.39 is 35.2 Å². The summed E-state index contributed by atoms with van der Waals surface area (Å²) in [5, 5.41) is 16.3. The predicted molar refractivity (Wildman–Crippen MR) is 86.0 cm³/mol. The molecule has 1 aliphatic heterocycles. The lowest BCUT2D eigenvalue weighted by Crippen LogP contribution is -2.34. The normalized spacial score (nSPS) is 19.6. The molecule has 0 amide bonds. The number of halogens is 6. The van der Waals surface area contributed by atoms with Crippen molar-refractivity contribution in [3.8, 4) is 0 Å². The first kappa shape index (κ1) is 19.8. The van der Waals surface area contributed by atoms with Gasteiger partial charge >= 0.3 is 12.4 Å². The number of aliphatic hydroxyl groups is 1. The average Bonchev–Trinajstić information content (AvgIpc) is 3.10. The van der Waals surface area contributed by atoms with E-state index in [0.717, 1.165) is 19.0 Å². The molecule has 1 saturated heterocycles. The van der Waals surface area contributed by atoms with E-state index >= 15 is 0 Å². The zero-order valence-electron chi connectivity index (χ0n) is 14.0. The Morgan fingerprint density at radius 2 is 1.93 bits per heavy atom. The molecule has 1 aromatic heterocycles. The van der Waals surface area contributed by atoms with Crippen molar-refractivity contribution in [3.63, 3.8) is 0 Å². The first-order chi connectivity index (χ1) is 12.6. The number of hydrogen-bond donors (Lipinski definition) is 3. The number of para-hydroxylation sites is 1. The molecular formula is C17H17F6N3O. The van der Waals surface area contributed by atoms with Crippen LogP contribution in [-0.2, 0) is 12.4 Å². The highest BCUT2D eigenvalue weighted by Crippen LogP contribution is 2.38. The molecule has 0 spiro atoms. The summed E-state index contributed by atoms with van der Waals surface area (Å²) < 4.78 is 79.2. The minimum absolute atomic E-state index is 0.0422. The zero-order valence-corrected chi connectivity index (χ0v) is 14.0. The monoisotopic (exact) mass is 393 g/mol. The van der Waals surface area contributed by atoms with E-state index in [2.05, 4.69) is 15.6 Å². The summed E-state index contributed by atoms with van der Waals surface area (Å²) in [5.41, 5.74) is -3.80. The van der Waals surface area contributed by atoms with Gasteiger partial charge in [0.05, 0.1) is 17.2 Å². The molecule has 2 unspecified atom stereocenters. The number of benzene rings is 1. The summed E-state index contributed by atoms with van der Waals surface area (Å²) in [6.07, 6.45) is -10.4. The highest BCUT2D eigenvalue weighted by atomic mass is 19.4. The molecule has 1 fully saturated rings. The number of hydrogen-bond acceptors (Lipinski definition) is 4. The van der Waals surface area contributed by atoms with Crippen LogP contribution in [0.3, 0.4) is 0 Å². The molecule has 27 heavy (non-hydrogen) atoms. The SMILES string of the molecule is OC(CNC1CCNC1)c1cc(C(F)(F)F)nc2c(C(F)(F)F)cccc12. The lowest BCUT2D eigenvalue weighted by Gasteiger charge is -2.20. The number of aliphatic hydroxyl groups excluding tert-OH is 1. The Kier molecular flexibility index (Phi) is 5.33. The molecule has 2 atom stereocenters. The second kappa shape index (κ2) is 7.25. The van der Waals surface area contributed by atoms with Crippen molar-refractivity contribution in [1.29, 1.82) is 0 Å². The summed E-state index contributed by atoms with van der Waals surface area (Å²) in [4.78, 5) is 3.21. The van der Waals surface area contributed by atoms with Crippen molar-refractivity contribution in [2.24, 2.45) is 0 Å². The van der Waals surface area contributed by atoms with Gasteiger partial charge in [-0.2, -0.15) is 26.3 Å². The van der Waals surface area contributed by atoms with Crippen LogP contribution in [0.15, 0.2) is 24.3 Å². The van der Waals surface area contributed by atoms with Gasteiger partial charge in [0.25, 0.3) is 0 Å². The van der Waals surface area contributed by atoms with E-state index in [-0.39, 0.29) is 23.5 Å². The fourth-order valence-electron chi connectivity index (χ4n) is 3.14. The largest absolute Gasteiger partial charge is 0.433 e. The number of rotatable bonds is 4. The van der Waals surface area contributed by atoms with Crippen molar-refractivity contribution in [2.45, 2.75) is 30.9 Å². The van der Waals surface area contributed by atoms with Gasteiger partial charge in [-0.3, -0.25) is 0 Å². The van der Waals surface area contributed by atoms with Crippen molar-refractivity contribution in [2.75, 3.05) is 19.6 Å². The van der Waals surface area contributed by atoms with Gasteiger partial charge in [0.15, 0.2) is 0 Å². The summed E-state index contributed by atoms with van der Waals surface area (Å²) >= 11 is 0. The van der Waals surface area contributed by atoms with Crippen LogP contribution in [0.5, 0.6) is 0 Å². The zero-order chi connectivity index (χ0) is 19.8. The molecule has 4 nitrogen and oxygen atoms in total. The fourth-order valence-corrected chi connectivity index (χ4v) is 3.14. The van der Waals surface area contributed by atoms with Gasteiger partial charge in [0.2, 0.25) is 0 Å². The number of nitrogens with one attached hydrogen (secondary N) is 2. The van der Waals surface area contributed by atoms with E-state index in [4.69, 9.17) is 0 Å². The molecule has 0 aliphatic carbocycles. The van der Waals surface area contributed by atoms with Crippen molar-refractivity contribution in [3.05, 3.63) is 41.1 Å². The lowest BCUT2D eigenvalue weighted by atomic mass is 9.99. The third-order valence-electron chi connectivity index (χ3n) is 4.49. The Bertz CT molecular complexity index is 815. The van der Waals surface area contributed by atoms with Gasteiger partial charge in [-0.1, -0.05) is 12.1 Å². The number of fused-ring (bicyclic) bond motifs is 1. The molecule has 0 saturated carbocycles. The highest BCUT2D eigenvalue weighted by molar-refractivity contribution is 5.86. The Labute approximate surface area is 150 Å². The predicted octanol–water partition coefficient (Wildman–Crippen LogP) is 3.26. The second-order valence-corrected chi connectivity index (χ2v) is 6.41. The fraction of sp³-hybridized carbons (Fsp3) is 0.471. The summed E-state index contributed by atoms with van der Waals surface area (Å²) in [6, 6.07) is 3.65. The quantitative estimate of drug-likeness (QED) is 0.698. The standard InChI is InChI=1S/C17H17F6N3O/c18-16(19,20)12-3-1-2-10-11(6-14(17(21,22)23)26-15(10)12)13(27)8-25-9-4-5-24-7-9/h1-3,6,9,13,24-25,27H,4-5,7-8H2. The maximum Gasteiger partial charge on any atom is 0.433 e. The lowest BCUT2D eigenvalue weighted by molar-refractivity contribution is -0.142. The average molecular weight is 393 g/mol. The van der Waals surface area contributed by atoms with E-state index in [9.17, 15) is 31.4 Å². The molecule has 2 aromatic rings. The number of nitrogens with zero attached hydrogens (tertiary/aromatic N) is 1. The van der Waals surface area contributed by atoms with E-state index in [1.165, 1.54) is 6.07 Å². The topological polar surface area (TPSA) is 57.2 Å². The number of alkyl halides is 6. The molecule has 3 N–H and O–H groups in total. The van der Waals surface area contributed by atoms with Crippen LogP contribution in [0.4, 0.5) is 26.3 Å². The molecule has 148 valence electrons. The van der Waals surface area contributed by atoms with Gasteiger partial charge in [-0.05, 0) is 30.7 Å². The minimum atomic E-state index is -4.94. The van der Waals surface area contributed by atoms with Crippen LogP contribution in [0.1, 0.15) is 29.3 Å². The maximum absolute atomic E-state index is 13.2. The minimum Gasteiger partial charge on any atom is -0.387 e. The van der Waals surface area contributed by atoms with Gasteiger partial charge in [-0.25, -0.2) is 4.98 Å². The molecule has 0 radical (unpaired) electrons. The van der Waals surface area contributed by atoms with Crippen LogP contribution < -0.4 is 10.6 Å². The highest BCUT2D eigenvalue weighted by Gasteiger charge is 2.38. The summed E-state index contributed by atoms with van der Waals surface area (Å²) in [5.74, 6) is 0. The first-order valence-electron chi connectivity index (χ1n) is 8.27. The number of pyridine rings is 1. The van der Waals surface area contributed by atoms with Crippen molar-refractivity contribution < 1.29 is 31.4 Å². The van der Waals surface area contributed by atoms with Crippen LogP contribution >= 0.6 is 0 Å². The third-order valence-corrected chi connectivity index (χ3v) is 4.49. The van der Waals surface area contributed by atoms with Crippen LogP contribution in [-0.4, -0.2) is 35.8 Å². The smallest absolute Gasteiger partial charge is 0.387 e. The maximum atomic E-state index is 13.2. The Morgan fingerprint density at radius 3 is 2.52 bits per heavy atom. The van der Waals surface area contributed by atoms with Crippen LogP contribution in [0, 0.1) is 0 Å². The molecule has 1 aromatic carbocycles. The van der Waals surface area contributed by atoms with Gasteiger partial charge in [0, 0.05) is 24.5 Å². The molecule has 0 bridgehead atoms. The van der Waals surface area contributed by atoms with Crippen LogP contribution in [0.25, 0.3) is 10.9 Å². The Balaban J connectivity index is 2.06. The summed E-state index contributed by atoms with van der Waals surface area (Å²) in [6.45, 7) is 1.34. The van der Waals surface area contributed by atoms with Crippen molar-refractivity contribution in [1.82, 2.24) is 15.6 Å². The van der Waals surface area contributed by atoms with Crippen LogP contribution in [0.2, 0.25) is 0 Å².